The van der Waals surface area contributed by atoms with E-state index in [4.69, 9.17) is 14.5 Å². The molecule has 1 atom stereocenters. The van der Waals surface area contributed by atoms with Crippen LogP contribution in [0.15, 0.2) is 53.9 Å². The number of carbonyl (C=O) groups excluding carboxylic acids is 1. The third-order valence-electron chi connectivity index (χ3n) is 5.10. The molecule has 0 radical (unpaired) electrons. The van der Waals surface area contributed by atoms with Gasteiger partial charge in [0, 0.05) is 17.0 Å². The first-order chi connectivity index (χ1) is 14.5. The molecule has 0 aliphatic rings. The summed E-state index contributed by atoms with van der Waals surface area (Å²) in [6.45, 7) is 7.07. The van der Waals surface area contributed by atoms with E-state index in [1.54, 1.807) is 30.6 Å². The summed E-state index contributed by atoms with van der Waals surface area (Å²) in [6, 6.07) is 15.3. The zero-order chi connectivity index (χ0) is 21.5. The summed E-state index contributed by atoms with van der Waals surface area (Å²) in [5.41, 5.74) is 2.63. The van der Waals surface area contributed by atoms with Crippen molar-refractivity contribution in [3.63, 3.8) is 0 Å². The van der Waals surface area contributed by atoms with Crippen molar-refractivity contribution in [2.24, 2.45) is 0 Å². The van der Waals surface area contributed by atoms with Crippen LogP contribution in [0.2, 0.25) is 0 Å². The van der Waals surface area contributed by atoms with Crippen LogP contribution in [0.4, 0.5) is 0 Å². The Hall–Kier alpha value is -2.86. The van der Waals surface area contributed by atoms with Gasteiger partial charge in [-0.15, -0.1) is 11.3 Å². The molecule has 6 heteroatoms. The quantitative estimate of drug-likeness (QED) is 0.456. The number of ether oxygens (including phenoxy) is 2. The Morgan fingerprint density at radius 1 is 1.17 bits per heavy atom. The molecule has 30 heavy (non-hydrogen) atoms. The molecule has 3 rings (SSSR count). The lowest BCUT2D eigenvalue weighted by atomic mass is 10.1. The minimum Gasteiger partial charge on any atom is -0.497 e. The van der Waals surface area contributed by atoms with Crippen molar-refractivity contribution in [3.05, 3.63) is 75.7 Å². The van der Waals surface area contributed by atoms with E-state index in [0.717, 1.165) is 34.2 Å². The summed E-state index contributed by atoms with van der Waals surface area (Å²) in [7, 11) is 1.62. The van der Waals surface area contributed by atoms with Crippen LogP contribution in [0.1, 0.15) is 46.9 Å². The van der Waals surface area contributed by atoms with E-state index in [1.807, 2.05) is 53.6 Å². The number of para-hydroxylation sites is 1. The van der Waals surface area contributed by atoms with Gasteiger partial charge in [0.15, 0.2) is 0 Å². The van der Waals surface area contributed by atoms with Gasteiger partial charge in [0.1, 0.15) is 23.1 Å². The van der Waals surface area contributed by atoms with Crippen LogP contribution in [0, 0.1) is 6.92 Å². The highest BCUT2D eigenvalue weighted by atomic mass is 32.1. The van der Waals surface area contributed by atoms with E-state index in [-0.39, 0.29) is 11.9 Å². The average molecular weight is 425 g/mol. The normalized spacial score (nSPS) is 11.7. The SMILES string of the molecule is CCC(C)N(Cc1csc(COc2ccccc2C)n1)C(=O)c1ccc(OC)cc1. The predicted octanol–water partition coefficient (Wildman–Crippen LogP) is 5.48. The summed E-state index contributed by atoms with van der Waals surface area (Å²) in [4.78, 5) is 19.7. The number of amides is 1. The number of aromatic nitrogens is 1. The fraction of sp³-hybridized carbons (Fsp3) is 0.333. The maximum absolute atomic E-state index is 13.1. The number of thiazole rings is 1. The first-order valence-electron chi connectivity index (χ1n) is 10.1. The Morgan fingerprint density at radius 3 is 2.57 bits per heavy atom. The Balaban J connectivity index is 1.69. The van der Waals surface area contributed by atoms with Crippen LogP contribution < -0.4 is 9.47 Å². The predicted molar refractivity (Wildman–Crippen MR) is 120 cm³/mol. The van der Waals surface area contributed by atoms with E-state index >= 15 is 0 Å². The van der Waals surface area contributed by atoms with E-state index in [9.17, 15) is 4.79 Å². The molecule has 5 nitrogen and oxygen atoms in total. The summed E-state index contributed by atoms with van der Waals surface area (Å²) in [6.07, 6.45) is 0.870. The maximum Gasteiger partial charge on any atom is 0.254 e. The van der Waals surface area contributed by atoms with Crippen molar-refractivity contribution in [1.29, 1.82) is 0 Å². The van der Waals surface area contributed by atoms with Gasteiger partial charge in [-0.3, -0.25) is 4.79 Å². The molecule has 0 bridgehead atoms. The molecule has 0 saturated heterocycles. The average Bonchev–Trinajstić information content (AvgIpc) is 3.23. The van der Waals surface area contributed by atoms with Gasteiger partial charge in [-0.05, 0) is 56.2 Å². The molecular formula is C24H28N2O3S. The number of carbonyl (C=O) groups is 1. The fourth-order valence-corrected chi connectivity index (χ4v) is 3.76. The molecule has 0 fully saturated rings. The highest BCUT2D eigenvalue weighted by Crippen LogP contribution is 2.21. The third-order valence-corrected chi connectivity index (χ3v) is 5.97. The molecule has 0 saturated carbocycles. The molecule has 1 amide bonds. The monoisotopic (exact) mass is 424 g/mol. The van der Waals surface area contributed by atoms with Gasteiger partial charge >= 0.3 is 0 Å². The molecule has 1 aromatic heterocycles. The van der Waals surface area contributed by atoms with Gasteiger partial charge in [0.05, 0.1) is 19.3 Å². The largest absolute Gasteiger partial charge is 0.497 e. The molecule has 3 aromatic rings. The number of nitrogens with zero attached hydrogens (tertiary/aromatic N) is 2. The molecule has 1 heterocycles. The number of methoxy groups -OCH3 is 1. The van der Waals surface area contributed by atoms with Crippen LogP contribution in [0.25, 0.3) is 0 Å². The molecule has 1 unspecified atom stereocenters. The molecule has 0 spiro atoms. The Morgan fingerprint density at radius 2 is 1.90 bits per heavy atom. The second-order valence-corrected chi connectivity index (χ2v) is 8.15. The minimum absolute atomic E-state index is 0.00212. The highest BCUT2D eigenvalue weighted by Gasteiger charge is 2.22. The van der Waals surface area contributed by atoms with Crippen LogP contribution in [-0.2, 0) is 13.2 Å². The van der Waals surface area contributed by atoms with E-state index in [2.05, 4.69) is 13.8 Å². The van der Waals surface area contributed by atoms with Crippen molar-refractivity contribution in [3.8, 4) is 11.5 Å². The second kappa shape index (κ2) is 10.3. The number of aryl methyl sites for hydroxylation is 1. The smallest absolute Gasteiger partial charge is 0.254 e. The van der Waals surface area contributed by atoms with E-state index in [1.165, 1.54) is 0 Å². The maximum atomic E-state index is 13.1. The molecular weight excluding hydrogens is 396 g/mol. The van der Waals surface area contributed by atoms with Gasteiger partial charge < -0.3 is 14.4 Å². The zero-order valence-corrected chi connectivity index (χ0v) is 18.7. The zero-order valence-electron chi connectivity index (χ0n) is 17.9. The third kappa shape index (κ3) is 5.39. The molecule has 0 N–H and O–H groups in total. The number of hydrogen-bond acceptors (Lipinski definition) is 5. The van der Waals surface area contributed by atoms with Gasteiger partial charge in [-0.2, -0.15) is 0 Å². The Bertz CT molecular complexity index is 969. The van der Waals surface area contributed by atoms with E-state index in [0.29, 0.717) is 18.7 Å². The lowest BCUT2D eigenvalue weighted by molar-refractivity contribution is 0.0669. The van der Waals surface area contributed by atoms with Crippen LogP contribution >= 0.6 is 11.3 Å². The highest BCUT2D eigenvalue weighted by molar-refractivity contribution is 7.09. The first-order valence-corrected chi connectivity index (χ1v) is 11.0. The van der Waals surface area contributed by atoms with Gasteiger partial charge in [0.2, 0.25) is 0 Å². The molecule has 2 aromatic carbocycles. The van der Waals surface area contributed by atoms with Crippen molar-refractivity contribution >= 4 is 17.2 Å². The van der Waals surface area contributed by atoms with E-state index < -0.39 is 0 Å². The van der Waals surface area contributed by atoms with Crippen LogP contribution in [-0.4, -0.2) is 28.9 Å². The standard InChI is InChI=1S/C24H28N2O3S/c1-5-18(3)26(24(27)19-10-12-21(28-4)13-11-19)14-20-16-30-23(25-20)15-29-22-9-7-6-8-17(22)2/h6-13,16,18H,5,14-15H2,1-4H3. The summed E-state index contributed by atoms with van der Waals surface area (Å²) < 4.78 is 11.1. The van der Waals surface area contributed by atoms with Crippen LogP contribution in [0.3, 0.4) is 0 Å². The number of benzene rings is 2. The number of hydrogen-bond donors (Lipinski definition) is 0. The number of rotatable bonds is 9. The Kier molecular flexibility index (Phi) is 7.46. The summed E-state index contributed by atoms with van der Waals surface area (Å²) in [5.74, 6) is 1.60. The van der Waals surface area contributed by atoms with Gasteiger partial charge in [-0.1, -0.05) is 25.1 Å². The minimum atomic E-state index is -0.00212. The fourth-order valence-electron chi connectivity index (χ4n) is 3.07. The van der Waals surface area contributed by atoms with Crippen LogP contribution in [0.5, 0.6) is 11.5 Å². The molecule has 0 aliphatic carbocycles. The van der Waals surface area contributed by atoms with Crippen molar-refractivity contribution in [2.75, 3.05) is 7.11 Å². The lowest BCUT2D eigenvalue weighted by Crippen LogP contribution is -2.37. The van der Waals surface area contributed by atoms with Gasteiger partial charge in [-0.25, -0.2) is 4.98 Å². The summed E-state index contributed by atoms with van der Waals surface area (Å²) >= 11 is 1.56. The van der Waals surface area contributed by atoms with Crippen molar-refractivity contribution < 1.29 is 14.3 Å². The van der Waals surface area contributed by atoms with Crippen molar-refractivity contribution in [1.82, 2.24) is 9.88 Å². The second-order valence-electron chi connectivity index (χ2n) is 7.21. The van der Waals surface area contributed by atoms with Gasteiger partial charge in [0.25, 0.3) is 5.91 Å². The first kappa shape index (κ1) is 21.8. The molecule has 0 aliphatic heterocycles. The van der Waals surface area contributed by atoms with Crippen molar-refractivity contribution in [2.45, 2.75) is 46.4 Å². The summed E-state index contributed by atoms with van der Waals surface area (Å²) in [5, 5.41) is 2.90. The Labute approximate surface area is 182 Å². The lowest BCUT2D eigenvalue weighted by Gasteiger charge is -2.28. The topological polar surface area (TPSA) is 51.7 Å². The molecule has 158 valence electrons.